The molecule has 21 heavy (non-hydrogen) atoms. The minimum Gasteiger partial charge on any atom is -0.457 e. The van der Waals surface area contributed by atoms with Crippen LogP contribution in [0.5, 0.6) is 0 Å². The first-order valence-electron chi connectivity index (χ1n) is 5.94. The maximum absolute atomic E-state index is 11.4. The second kappa shape index (κ2) is 6.49. The number of nitriles is 1. The summed E-state index contributed by atoms with van der Waals surface area (Å²) in [4.78, 5) is 11.4. The topological polar surface area (TPSA) is 66.0 Å². The monoisotopic (exact) mass is 320 g/mol. The van der Waals surface area contributed by atoms with Crippen LogP contribution in [0.4, 0.5) is 0 Å². The van der Waals surface area contributed by atoms with Crippen molar-refractivity contribution in [2.45, 2.75) is 0 Å². The van der Waals surface area contributed by atoms with Crippen LogP contribution >= 0.6 is 23.2 Å². The van der Waals surface area contributed by atoms with Gasteiger partial charge in [0.05, 0.1) is 5.02 Å². The van der Waals surface area contributed by atoms with Crippen LogP contribution in [0.1, 0.15) is 5.76 Å². The first kappa shape index (κ1) is 15.2. The lowest BCUT2D eigenvalue weighted by Crippen LogP contribution is -2.18. The lowest BCUT2D eigenvalue weighted by atomic mass is 10.2. The fourth-order valence-electron chi connectivity index (χ4n) is 1.69. The molecule has 1 amide bonds. The summed E-state index contributed by atoms with van der Waals surface area (Å²) in [6.45, 7) is 0. The van der Waals surface area contributed by atoms with Crippen LogP contribution in [0.25, 0.3) is 17.4 Å². The van der Waals surface area contributed by atoms with Gasteiger partial charge in [-0.3, -0.25) is 4.79 Å². The summed E-state index contributed by atoms with van der Waals surface area (Å²) in [5.41, 5.74) is 0.639. The van der Waals surface area contributed by atoms with Gasteiger partial charge in [0.25, 0.3) is 5.91 Å². The summed E-state index contributed by atoms with van der Waals surface area (Å²) in [7, 11) is 1.45. The molecule has 0 unspecified atom stereocenters. The van der Waals surface area contributed by atoms with E-state index >= 15 is 0 Å². The number of halogens is 2. The largest absolute Gasteiger partial charge is 0.457 e. The molecular formula is C15H10Cl2N2O2. The van der Waals surface area contributed by atoms with Crippen molar-refractivity contribution in [3.63, 3.8) is 0 Å². The van der Waals surface area contributed by atoms with Gasteiger partial charge >= 0.3 is 0 Å². The van der Waals surface area contributed by atoms with E-state index in [1.54, 1.807) is 30.3 Å². The standard InChI is InChI=1S/C15H10Cl2N2O2/c1-19-15(20)9(8-18)6-11-3-5-14(21-11)12-4-2-10(16)7-13(12)17/h2-7H,1H3,(H,19,20). The van der Waals surface area contributed by atoms with Crippen molar-refractivity contribution < 1.29 is 9.21 Å². The molecular weight excluding hydrogens is 311 g/mol. The van der Waals surface area contributed by atoms with Gasteiger partial charge < -0.3 is 9.73 Å². The average Bonchev–Trinajstić information content (AvgIpc) is 2.92. The highest BCUT2D eigenvalue weighted by atomic mass is 35.5. The van der Waals surface area contributed by atoms with Crippen LogP contribution in [0.3, 0.4) is 0 Å². The van der Waals surface area contributed by atoms with E-state index in [0.29, 0.717) is 27.1 Å². The Kier molecular flexibility index (Phi) is 4.69. The maximum Gasteiger partial charge on any atom is 0.261 e. The Hall–Kier alpha value is -2.22. The Balaban J connectivity index is 2.36. The molecule has 0 aliphatic carbocycles. The van der Waals surface area contributed by atoms with E-state index in [0.717, 1.165) is 0 Å². The van der Waals surface area contributed by atoms with E-state index < -0.39 is 5.91 Å². The highest BCUT2D eigenvalue weighted by Crippen LogP contribution is 2.31. The molecule has 6 heteroatoms. The van der Waals surface area contributed by atoms with E-state index in [1.165, 1.54) is 13.1 Å². The quantitative estimate of drug-likeness (QED) is 0.688. The number of carbonyl (C=O) groups excluding carboxylic acids is 1. The first-order chi connectivity index (χ1) is 10.0. The van der Waals surface area contributed by atoms with Crippen LogP contribution in [0.15, 0.2) is 40.3 Å². The van der Waals surface area contributed by atoms with Gasteiger partial charge in [-0.2, -0.15) is 5.26 Å². The second-order valence-electron chi connectivity index (χ2n) is 4.08. The smallest absolute Gasteiger partial charge is 0.261 e. The molecule has 0 bridgehead atoms. The third kappa shape index (κ3) is 3.46. The molecule has 1 heterocycles. The predicted molar refractivity (Wildman–Crippen MR) is 81.8 cm³/mol. The molecule has 2 rings (SSSR count). The van der Waals surface area contributed by atoms with Gasteiger partial charge in [-0.1, -0.05) is 23.2 Å². The number of carbonyl (C=O) groups is 1. The number of nitrogens with zero attached hydrogens (tertiary/aromatic N) is 1. The van der Waals surface area contributed by atoms with Gasteiger partial charge in [0.15, 0.2) is 0 Å². The molecule has 0 saturated carbocycles. The van der Waals surface area contributed by atoms with Crippen molar-refractivity contribution in [2.75, 3.05) is 7.05 Å². The third-order valence-electron chi connectivity index (χ3n) is 2.70. The summed E-state index contributed by atoms with van der Waals surface area (Å²) >= 11 is 11.9. The van der Waals surface area contributed by atoms with Crippen molar-refractivity contribution in [1.82, 2.24) is 5.32 Å². The van der Waals surface area contributed by atoms with E-state index in [4.69, 9.17) is 32.9 Å². The number of nitrogens with one attached hydrogen (secondary N) is 1. The molecule has 2 aromatic rings. The molecule has 1 aromatic heterocycles. The first-order valence-corrected chi connectivity index (χ1v) is 6.70. The van der Waals surface area contributed by atoms with Crippen molar-refractivity contribution >= 4 is 35.2 Å². The normalized spacial score (nSPS) is 11.0. The molecule has 0 atom stereocenters. The van der Waals surface area contributed by atoms with Gasteiger partial charge in [-0.05, 0) is 30.3 Å². The van der Waals surface area contributed by atoms with Crippen molar-refractivity contribution in [2.24, 2.45) is 0 Å². The molecule has 1 N–H and O–H groups in total. The van der Waals surface area contributed by atoms with E-state index in [-0.39, 0.29) is 5.57 Å². The highest BCUT2D eigenvalue weighted by Gasteiger charge is 2.11. The number of benzene rings is 1. The van der Waals surface area contributed by atoms with Crippen LogP contribution < -0.4 is 5.32 Å². The van der Waals surface area contributed by atoms with Gasteiger partial charge in [-0.15, -0.1) is 0 Å². The Morgan fingerprint density at radius 3 is 2.71 bits per heavy atom. The van der Waals surface area contributed by atoms with Gasteiger partial charge in [0, 0.05) is 23.7 Å². The summed E-state index contributed by atoms with van der Waals surface area (Å²) in [6.07, 6.45) is 1.37. The molecule has 4 nitrogen and oxygen atoms in total. The number of amides is 1. The van der Waals surface area contributed by atoms with Gasteiger partial charge in [0.2, 0.25) is 0 Å². The minimum absolute atomic E-state index is 0.0411. The highest BCUT2D eigenvalue weighted by molar-refractivity contribution is 6.36. The van der Waals surface area contributed by atoms with Crippen LogP contribution in [-0.4, -0.2) is 13.0 Å². The zero-order chi connectivity index (χ0) is 15.4. The molecule has 0 radical (unpaired) electrons. The van der Waals surface area contributed by atoms with Crippen LogP contribution in [0.2, 0.25) is 10.0 Å². The van der Waals surface area contributed by atoms with Crippen LogP contribution in [-0.2, 0) is 4.79 Å². The Morgan fingerprint density at radius 1 is 1.33 bits per heavy atom. The van der Waals surface area contributed by atoms with Crippen LogP contribution in [0, 0.1) is 11.3 Å². The SMILES string of the molecule is CNC(=O)C(C#N)=Cc1ccc(-c2ccc(Cl)cc2Cl)o1. The molecule has 0 saturated heterocycles. The van der Waals surface area contributed by atoms with Crippen molar-refractivity contribution in [1.29, 1.82) is 5.26 Å². The molecule has 0 aliphatic rings. The fourth-order valence-corrected chi connectivity index (χ4v) is 2.19. The number of furan rings is 1. The Bertz CT molecular complexity index is 757. The summed E-state index contributed by atoms with van der Waals surface area (Å²) in [6, 6.07) is 10.2. The van der Waals surface area contributed by atoms with E-state index in [9.17, 15) is 4.79 Å². The number of likely N-dealkylation sites (N-methyl/N-ethyl adjacent to an activating group) is 1. The lowest BCUT2D eigenvalue weighted by molar-refractivity contribution is -0.116. The lowest BCUT2D eigenvalue weighted by Gasteiger charge is -2.01. The predicted octanol–water partition coefficient (Wildman–Crippen LogP) is 3.91. The molecule has 1 aromatic carbocycles. The van der Waals surface area contributed by atoms with Gasteiger partial charge in [-0.25, -0.2) is 0 Å². The van der Waals surface area contributed by atoms with E-state index in [2.05, 4.69) is 5.32 Å². The fraction of sp³-hybridized carbons (Fsp3) is 0.0667. The zero-order valence-corrected chi connectivity index (χ0v) is 12.5. The van der Waals surface area contributed by atoms with E-state index in [1.807, 2.05) is 6.07 Å². The molecule has 106 valence electrons. The summed E-state index contributed by atoms with van der Waals surface area (Å²) in [5, 5.41) is 12.3. The Morgan fingerprint density at radius 2 is 2.10 bits per heavy atom. The number of hydrogen-bond acceptors (Lipinski definition) is 3. The zero-order valence-electron chi connectivity index (χ0n) is 11.0. The third-order valence-corrected chi connectivity index (χ3v) is 3.25. The molecule has 0 aliphatic heterocycles. The minimum atomic E-state index is -0.472. The van der Waals surface area contributed by atoms with Gasteiger partial charge in [0.1, 0.15) is 23.2 Å². The summed E-state index contributed by atoms with van der Waals surface area (Å²) < 4.78 is 5.58. The average molecular weight is 321 g/mol. The number of rotatable bonds is 3. The summed E-state index contributed by atoms with van der Waals surface area (Å²) in [5.74, 6) is 0.438. The second-order valence-corrected chi connectivity index (χ2v) is 4.92. The van der Waals surface area contributed by atoms with Crippen molar-refractivity contribution in [3.05, 3.63) is 51.7 Å². The van der Waals surface area contributed by atoms with Crippen molar-refractivity contribution in [3.8, 4) is 17.4 Å². The molecule has 0 spiro atoms. The number of hydrogen-bond donors (Lipinski definition) is 1. The maximum atomic E-state index is 11.4. The molecule has 0 fully saturated rings. The Labute approximate surface area is 131 Å².